The van der Waals surface area contributed by atoms with Crippen LogP contribution in [0.4, 0.5) is 23.7 Å². The first kappa shape index (κ1) is 33.8. The highest BCUT2D eigenvalue weighted by atomic mass is 19.4. The number of alkyl halides is 3. The summed E-state index contributed by atoms with van der Waals surface area (Å²) in [5.74, 6) is -1.09. The number of halogens is 3. The van der Waals surface area contributed by atoms with Gasteiger partial charge in [-0.1, -0.05) is 36.4 Å². The summed E-state index contributed by atoms with van der Waals surface area (Å²) in [5, 5.41) is 2.97. The van der Waals surface area contributed by atoms with Crippen LogP contribution in [0, 0.1) is 5.92 Å². The molecule has 4 amide bonds. The first-order valence-corrected chi connectivity index (χ1v) is 17.9. The maximum absolute atomic E-state index is 14.1. The van der Waals surface area contributed by atoms with E-state index >= 15 is 0 Å². The summed E-state index contributed by atoms with van der Waals surface area (Å²) in [6, 6.07) is 14.5. The van der Waals surface area contributed by atoms with Crippen LogP contribution >= 0.6 is 0 Å². The van der Waals surface area contributed by atoms with Gasteiger partial charge < -0.3 is 24.9 Å². The Hall–Kier alpha value is -3.64. The molecule has 0 spiro atoms. The third-order valence-corrected chi connectivity index (χ3v) is 11.8. The minimum absolute atomic E-state index is 0.0176. The lowest BCUT2D eigenvalue weighted by Crippen LogP contribution is -2.56. The number of rotatable bonds is 7. The van der Waals surface area contributed by atoms with E-state index in [-0.39, 0.29) is 36.7 Å². The Labute approximate surface area is 286 Å². The largest absolute Gasteiger partial charge is 0.416 e. The maximum Gasteiger partial charge on any atom is 0.416 e. The van der Waals surface area contributed by atoms with Crippen molar-refractivity contribution in [3.05, 3.63) is 65.2 Å². The average Bonchev–Trinajstić information content (AvgIpc) is 3.29. The quantitative estimate of drug-likeness (QED) is 0.443. The minimum Gasteiger partial charge on any atom is -0.343 e. The van der Waals surface area contributed by atoms with Gasteiger partial charge in [-0.15, -0.1) is 0 Å². The Kier molecular flexibility index (Phi) is 9.62. The van der Waals surface area contributed by atoms with Crippen LogP contribution in [0.1, 0.15) is 61.6 Å². The normalized spacial score (nSPS) is 26.0. The molecule has 49 heavy (non-hydrogen) atoms. The molecular formula is C37H47F3N6O3. The number of amides is 4. The van der Waals surface area contributed by atoms with Crippen molar-refractivity contribution in [2.45, 2.75) is 88.3 Å². The average molecular weight is 681 g/mol. The van der Waals surface area contributed by atoms with E-state index in [0.29, 0.717) is 69.3 Å². The van der Waals surface area contributed by atoms with Crippen LogP contribution in [0.3, 0.4) is 0 Å². The molecular weight excluding hydrogens is 633 g/mol. The highest BCUT2D eigenvalue weighted by molar-refractivity contribution is 5.92. The van der Waals surface area contributed by atoms with Crippen molar-refractivity contribution < 1.29 is 27.6 Å². The molecule has 2 unspecified atom stereocenters. The third kappa shape index (κ3) is 7.31. The van der Waals surface area contributed by atoms with E-state index < -0.39 is 17.7 Å². The SMILES string of the molecule is CN1[C@@H]2CC[C@H]1CC(N1CCN(C(=O)C(CC(=O)N3CCC(N4Cc5ccccc5NC4=O)CC3)Cc3cccc(C(F)(F)F)c3)CC1)C2. The van der Waals surface area contributed by atoms with Crippen LogP contribution in [0.5, 0.6) is 0 Å². The van der Waals surface area contributed by atoms with Crippen LogP contribution in [-0.4, -0.2) is 113 Å². The molecule has 2 bridgehead atoms. The van der Waals surface area contributed by atoms with Gasteiger partial charge in [0.2, 0.25) is 11.8 Å². The van der Waals surface area contributed by atoms with Crippen LogP contribution in [0.15, 0.2) is 48.5 Å². The van der Waals surface area contributed by atoms with Crippen LogP contribution in [0.2, 0.25) is 0 Å². The number of benzene rings is 2. The topological polar surface area (TPSA) is 79.4 Å². The summed E-state index contributed by atoms with van der Waals surface area (Å²) >= 11 is 0. The Bertz CT molecular complexity index is 1520. The van der Waals surface area contributed by atoms with Gasteiger partial charge in [0, 0.05) is 82.1 Å². The predicted molar refractivity (Wildman–Crippen MR) is 180 cm³/mol. The number of carbonyl (C=O) groups is 3. The maximum atomic E-state index is 14.1. The minimum atomic E-state index is -4.49. The number of hydrogen-bond donors (Lipinski definition) is 1. The number of anilines is 1. The highest BCUT2D eigenvalue weighted by Gasteiger charge is 2.42. The summed E-state index contributed by atoms with van der Waals surface area (Å²) in [5.41, 5.74) is 1.52. The van der Waals surface area contributed by atoms with E-state index in [0.717, 1.165) is 49.3 Å². The number of nitrogens with zero attached hydrogens (tertiary/aromatic N) is 5. The van der Waals surface area contributed by atoms with Crippen molar-refractivity contribution >= 4 is 23.5 Å². The number of para-hydroxylation sites is 1. The molecule has 2 aromatic rings. The van der Waals surface area contributed by atoms with Crippen molar-refractivity contribution in [1.82, 2.24) is 24.5 Å². The monoisotopic (exact) mass is 680 g/mol. The number of fused-ring (bicyclic) bond motifs is 3. The molecule has 2 aromatic carbocycles. The van der Waals surface area contributed by atoms with Gasteiger partial charge in [0.1, 0.15) is 0 Å². The van der Waals surface area contributed by atoms with Gasteiger partial charge in [-0.3, -0.25) is 14.5 Å². The molecule has 7 rings (SSSR count). The first-order valence-electron chi connectivity index (χ1n) is 17.9. The smallest absolute Gasteiger partial charge is 0.343 e. The lowest BCUT2D eigenvalue weighted by atomic mass is 9.92. The summed E-state index contributed by atoms with van der Waals surface area (Å²) in [4.78, 5) is 51.2. The molecule has 5 aliphatic rings. The molecule has 1 N–H and O–H groups in total. The van der Waals surface area contributed by atoms with E-state index in [2.05, 4.69) is 22.2 Å². The number of hydrogen-bond acceptors (Lipinski definition) is 5. The molecule has 264 valence electrons. The summed E-state index contributed by atoms with van der Waals surface area (Å²) in [6.45, 7) is 4.08. The number of nitrogens with one attached hydrogen (secondary N) is 1. The first-order chi connectivity index (χ1) is 23.5. The molecule has 9 nitrogen and oxygen atoms in total. The van der Waals surface area contributed by atoms with E-state index in [4.69, 9.17) is 0 Å². The molecule has 4 saturated heterocycles. The Morgan fingerprint density at radius 1 is 0.837 bits per heavy atom. The van der Waals surface area contributed by atoms with Gasteiger partial charge in [-0.25, -0.2) is 4.79 Å². The summed E-state index contributed by atoms with van der Waals surface area (Å²) < 4.78 is 40.7. The van der Waals surface area contributed by atoms with Crippen molar-refractivity contribution in [1.29, 1.82) is 0 Å². The molecule has 0 aliphatic carbocycles. The van der Waals surface area contributed by atoms with Gasteiger partial charge in [0.25, 0.3) is 0 Å². The standard InChI is InChI=1S/C37H47F3N6O3/c1-42-30-9-10-31(42)23-32(22-30)43-15-17-45(18-16-43)35(48)27(19-25-5-4-7-28(20-25)37(38,39)40)21-34(47)44-13-11-29(12-14-44)46-24-26-6-2-3-8-33(26)41-36(46)49/h2-8,20,27,29-32H,9-19,21-24H2,1H3,(H,41,49)/t27?,30-,31+,32?. The Morgan fingerprint density at radius 2 is 1.53 bits per heavy atom. The summed E-state index contributed by atoms with van der Waals surface area (Å²) in [6.07, 6.45) is 1.56. The molecule has 0 saturated carbocycles. The molecule has 4 atom stereocenters. The number of urea groups is 1. The van der Waals surface area contributed by atoms with E-state index in [9.17, 15) is 27.6 Å². The van der Waals surface area contributed by atoms with Crippen LogP contribution < -0.4 is 5.32 Å². The van der Waals surface area contributed by atoms with Gasteiger partial charge in [-0.2, -0.15) is 13.2 Å². The number of carbonyl (C=O) groups excluding carboxylic acids is 3. The van der Waals surface area contributed by atoms with Crippen molar-refractivity contribution in [2.24, 2.45) is 5.92 Å². The van der Waals surface area contributed by atoms with Gasteiger partial charge in [0.15, 0.2) is 0 Å². The fraction of sp³-hybridized carbons (Fsp3) is 0.595. The zero-order valence-corrected chi connectivity index (χ0v) is 28.2. The molecule has 0 aromatic heterocycles. The Morgan fingerprint density at radius 3 is 2.22 bits per heavy atom. The third-order valence-electron chi connectivity index (χ3n) is 11.8. The molecule has 5 aliphatic heterocycles. The van der Waals surface area contributed by atoms with Gasteiger partial charge in [-0.05, 0) is 75.3 Å². The van der Waals surface area contributed by atoms with Crippen molar-refractivity contribution in [3.63, 3.8) is 0 Å². The second-order valence-corrected chi connectivity index (χ2v) is 14.7. The predicted octanol–water partition coefficient (Wildman–Crippen LogP) is 5.06. The number of likely N-dealkylation sites (tertiary alicyclic amines) is 1. The molecule has 12 heteroatoms. The number of piperazine rings is 1. The lowest BCUT2D eigenvalue weighted by molar-refractivity contribution is -0.143. The zero-order chi connectivity index (χ0) is 34.3. The highest BCUT2D eigenvalue weighted by Crippen LogP contribution is 2.37. The van der Waals surface area contributed by atoms with Crippen molar-refractivity contribution in [3.8, 4) is 0 Å². The second-order valence-electron chi connectivity index (χ2n) is 14.7. The zero-order valence-electron chi connectivity index (χ0n) is 28.2. The molecule has 0 radical (unpaired) electrons. The molecule has 4 fully saturated rings. The fourth-order valence-electron chi connectivity index (χ4n) is 8.94. The lowest BCUT2D eigenvalue weighted by Gasteiger charge is -2.45. The molecule has 5 heterocycles. The van der Waals surface area contributed by atoms with Gasteiger partial charge >= 0.3 is 12.2 Å². The number of piperidine rings is 2. The van der Waals surface area contributed by atoms with E-state index in [1.54, 1.807) is 11.0 Å². The van der Waals surface area contributed by atoms with E-state index in [1.807, 2.05) is 34.1 Å². The fourth-order valence-corrected chi connectivity index (χ4v) is 8.94. The van der Waals surface area contributed by atoms with Crippen LogP contribution in [-0.2, 0) is 28.7 Å². The van der Waals surface area contributed by atoms with Crippen LogP contribution in [0.25, 0.3) is 0 Å². The Balaban J connectivity index is 0.992. The van der Waals surface area contributed by atoms with Gasteiger partial charge in [0.05, 0.1) is 11.5 Å². The van der Waals surface area contributed by atoms with Crippen molar-refractivity contribution in [2.75, 3.05) is 51.6 Å². The van der Waals surface area contributed by atoms with E-state index in [1.165, 1.54) is 18.9 Å². The second kappa shape index (κ2) is 13.9. The summed E-state index contributed by atoms with van der Waals surface area (Å²) in [7, 11) is 2.23.